The number of nitrogens with one attached hydrogen (secondary N) is 2. The summed E-state index contributed by atoms with van der Waals surface area (Å²) < 4.78 is 82.6. The number of hydrogen-bond acceptors (Lipinski definition) is 4. The number of halogens is 6. The molecule has 2 aromatic carbocycles. The van der Waals surface area contributed by atoms with Gasteiger partial charge in [0.05, 0.1) is 23.5 Å². The Kier molecular flexibility index (Phi) is 9.82. The third-order valence-corrected chi connectivity index (χ3v) is 9.49. The van der Waals surface area contributed by atoms with Crippen LogP contribution in [0.15, 0.2) is 48.5 Å². The zero-order valence-electron chi connectivity index (χ0n) is 27.7. The SMILES string of the molecule is CC(=O)NC(C)c1ccc(-n2nc(C(F)(F)F)c3c2CCCC3)cc1.O=C1CCC(c2ccc(-n3nc(C(F)(F)F)c4c3CCCC4)cc2)N1. The van der Waals surface area contributed by atoms with E-state index in [0.717, 1.165) is 43.2 Å². The first-order valence-electron chi connectivity index (χ1n) is 16.8. The molecule has 1 saturated heterocycles. The van der Waals surface area contributed by atoms with Crippen molar-refractivity contribution in [2.75, 3.05) is 0 Å². The normalized spacial score (nSPS) is 18.0. The number of amides is 2. The molecular formula is C36H38F6N6O2. The minimum absolute atomic E-state index is 0.0150. The van der Waals surface area contributed by atoms with Gasteiger partial charge in [-0.3, -0.25) is 9.59 Å². The predicted molar refractivity (Wildman–Crippen MR) is 173 cm³/mol. The topological polar surface area (TPSA) is 93.8 Å². The van der Waals surface area contributed by atoms with E-state index in [4.69, 9.17) is 0 Å². The molecule has 2 aromatic heterocycles. The van der Waals surface area contributed by atoms with Gasteiger partial charge in [0.15, 0.2) is 11.4 Å². The van der Waals surface area contributed by atoms with E-state index >= 15 is 0 Å². The highest BCUT2D eigenvalue weighted by molar-refractivity contribution is 5.78. The molecule has 8 nitrogen and oxygen atoms in total. The molecule has 14 heteroatoms. The summed E-state index contributed by atoms with van der Waals surface area (Å²) in [6, 6.07) is 14.2. The minimum Gasteiger partial charge on any atom is -0.350 e. The summed E-state index contributed by atoms with van der Waals surface area (Å²) in [5.74, 6) is -0.0995. The Bertz CT molecular complexity index is 1860. The van der Waals surface area contributed by atoms with Crippen LogP contribution < -0.4 is 10.6 Å². The lowest BCUT2D eigenvalue weighted by atomic mass is 9.95. The molecule has 2 N–H and O–H groups in total. The van der Waals surface area contributed by atoms with Crippen molar-refractivity contribution in [3.63, 3.8) is 0 Å². The zero-order valence-corrected chi connectivity index (χ0v) is 27.7. The third-order valence-electron chi connectivity index (χ3n) is 9.49. The molecular weight excluding hydrogens is 662 g/mol. The number of carbonyl (C=O) groups is 2. The molecule has 266 valence electrons. The summed E-state index contributed by atoms with van der Waals surface area (Å²) in [6.07, 6.45) is -2.29. The summed E-state index contributed by atoms with van der Waals surface area (Å²) in [5, 5.41) is 13.4. The maximum absolute atomic E-state index is 13.3. The zero-order chi connectivity index (χ0) is 35.8. The molecule has 2 amide bonds. The Labute approximate surface area is 285 Å². The van der Waals surface area contributed by atoms with Gasteiger partial charge in [0.25, 0.3) is 0 Å². The average Bonchev–Trinajstić information content (AvgIpc) is 3.80. The molecule has 1 aliphatic heterocycles. The highest BCUT2D eigenvalue weighted by atomic mass is 19.4. The second-order valence-electron chi connectivity index (χ2n) is 13.0. The van der Waals surface area contributed by atoms with Crippen molar-refractivity contribution in [1.82, 2.24) is 30.2 Å². The molecule has 2 unspecified atom stereocenters. The van der Waals surface area contributed by atoms with Crippen molar-refractivity contribution in [1.29, 1.82) is 0 Å². The van der Waals surface area contributed by atoms with E-state index in [2.05, 4.69) is 20.8 Å². The largest absolute Gasteiger partial charge is 0.435 e. The van der Waals surface area contributed by atoms with E-state index in [9.17, 15) is 35.9 Å². The average molecular weight is 701 g/mol. The van der Waals surface area contributed by atoms with Crippen LogP contribution in [0.1, 0.15) is 109 Å². The van der Waals surface area contributed by atoms with Gasteiger partial charge in [0.2, 0.25) is 11.8 Å². The molecule has 0 spiro atoms. The van der Waals surface area contributed by atoms with Gasteiger partial charge in [-0.1, -0.05) is 24.3 Å². The van der Waals surface area contributed by atoms with E-state index in [0.29, 0.717) is 66.0 Å². The standard InChI is InChI=1S/C18H18F3N3O.C18H20F3N3O/c19-18(20,21)17-13-3-1-2-4-15(13)24(23-17)12-7-5-11(6-8-12)14-9-10-16(25)22-14;1-11(22-12(2)25)13-7-9-14(10-8-13)24-16-6-4-3-5-15(16)17(23-24)18(19,20)21/h5-8,14H,1-4,9-10H2,(H,22,25);7-11H,3-6H2,1-2H3,(H,22,25). The third kappa shape index (κ3) is 7.43. The Hall–Kier alpha value is -4.62. The number of rotatable bonds is 5. The summed E-state index contributed by atoms with van der Waals surface area (Å²) in [6.45, 7) is 3.30. The molecule has 0 bridgehead atoms. The second-order valence-corrected chi connectivity index (χ2v) is 13.0. The van der Waals surface area contributed by atoms with Crippen molar-refractivity contribution in [2.45, 2.75) is 102 Å². The van der Waals surface area contributed by atoms with Crippen molar-refractivity contribution >= 4 is 11.8 Å². The fraction of sp³-hybridized carbons (Fsp3) is 0.444. The van der Waals surface area contributed by atoms with Crippen LogP contribution in [0.5, 0.6) is 0 Å². The van der Waals surface area contributed by atoms with Crippen LogP contribution in [-0.4, -0.2) is 31.4 Å². The monoisotopic (exact) mass is 700 g/mol. The molecule has 2 aliphatic carbocycles. The van der Waals surface area contributed by atoms with Crippen molar-refractivity contribution < 1.29 is 35.9 Å². The first-order chi connectivity index (χ1) is 23.7. The highest BCUT2D eigenvalue weighted by Crippen LogP contribution is 2.38. The van der Waals surface area contributed by atoms with Crippen LogP contribution in [0.2, 0.25) is 0 Å². The summed E-state index contributed by atoms with van der Waals surface area (Å²) in [5.41, 5.74) is 3.55. The maximum Gasteiger partial charge on any atom is 0.435 e. The Balaban J connectivity index is 0.000000173. The van der Waals surface area contributed by atoms with Crippen LogP contribution >= 0.6 is 0 Å². The predicted octanol–water partition coefficient (Wildman–Crippen LogP) is 7.69. The lowest BCUT2D eigenvalue weighted by Gasteiger charge is -2.16. The van der Waals surface area contributed by atoms with Gasteiger partial charge in [0.1, 0.15) is 0 Å². The second kappa shape index (κ2) is 13.9. The van der Waals surface area contributed by atoms with Crippen LogP contribution in [0.25, 0.3) is 11.4 Å². The first kappa shape index (κ1) is 35.2. The number of benzene rings is 2. The van der Waals surface area contributed by atoms with Gasteiger partial charge in [-0.05, 0) is 100 Å². The van der Waals surface area contributed by atoms with Crippen molar-refractivity contribution in [3.05, 3.63) is 93.6 Å². The smallest absolute Gasteiger partial charge is 0.350 e. The minimum atomic E-state index is -4.44. The van der Waals surface area contributed by atoms with Gasteiger partial charge in [-0.15, -0.1) is 0 Å². The van der Waals surface area contributed by atoms with Gasteiger partial charge in [0, 0.05) is 35.9 Å². The molecule has 0 radical (unpaired) electrons. The number of carbonyl (C=O) groups excluding carboxylic acids is 2. The fourth-order valence-corrected chi connectivity index (χ4v) is 7.08. The Morgan fingerprint density at radius 2 is 1.22 bits per heavy atom. The molecule has 4 aromatic rings. The quantitative estimate of drug-likeness (QED) is 0.209. The molecule has 50 heavy (non-hydrogen) atoms. The molecule has 0 saturated carbocycles. The Morgan fingerprint density at radius 3 is 1.64 bits per heavy atom. The van der Waals surface area contributed by atoms with Crippen LogP contribution in [-0.2, 0) is 47.6 Å². The number of nitrogens with zero attached hydrogens (tertiary/aromatic N) is 4. The molecule has 3 heterocycles. The summed E-state index contributed by atoms with van der Waals surface area (Å²) >= 11 is 0. The van der Waals surface area contributed by atoms with Gasteiger partial charge in [-0.25, -0.2) is 9.36 Å². The highest BCUT2D eigenvalue weighted by Gasteiger charge is 2.41. The number of aromatic nitrogens is 4. The van der Waals surface area contributed by atoms with Crippen LogP contribution in [0, 0.1) is 0 Å². The Morgan fingerprint density at radius 1 is 0.760 bits per heavy atom. The van der Waals surface area contributed by atoms with E-state index in [1.807, 2.05) is 19.1 Å². The molecule has 1 fully saturated rings. The van der Waals surface area contributed by atoms with Crippen LogP contribution in [0.4, 0.5) is 26.3 Å². The van der Waals surface area contributed by atoms with E-state index in [-0.39, 0.29) is 23.9 Å². The molecule has 3 aliphatic rings. The molecule has 7 rings (SSSR count). The summed E-state index contributed by atoms with van der Waals surface area (Å²) in [7, 11) is 0. The first-order valence-corrected chi connectivity index (χ1v) is 16.8. The van der Waals surface area contributed by atoms with E-state index < -0.39 is 23.7 Å². The van der Waals surface area contributed by atoms with Gasteiger partial charge < -0.3 is 10.6 Å². The van der Waals surface area contributed by atoms with Gasteiger partial charge >= 0.3 is 12.4 Å². The molecule has 2 atom stereocenters. The lowest BCUT2D eigenvalue weighted by molar-refractivity contribution is -0.142. The van der Waals surface area contributed by atoms with Crippen LogP contribution in [0.3, 0.4) is 0 Å². The summed E-state index contributed by atoms with van der Waals surface area (Å²) in [4.78, 5) is 22.5. The van der Waals surface area contributed by atoms with Gasteiger partial charge in [-0.2, -0.15) is 36.5 Å². The fourth-order valence-electron chi connectivity index (χ4n) is 7.08. The lowest BCUT2D eigenvalue weighted by Crippen LogP contribution is -2.23. The van der Waals surface area contributed by atoms with E-state index in [1.165, 1.54) is 16.3 Å². The van der Waals surface area contributed by atoms with Crippen molar-refractivity contribution in [2.24, 2.45) is 0 Å². The number of alkyl halides is 6. The number of hydrogen-bond donors (Lipinski definition) is 2. The van der Waals surface area contributed by atoms with E-state index in [1.54, 1.807) is 36.4 Å². The van der Waals surface area contributed by atoms with Crippen molar-refractivity contribution in [3.8, 4) is 11.4 Å². The number of fused-ring (bicyclic) bond motifs is 2. The maximum atomic E-state index is 13.3.